The van der Waals surface area contributed by atoms with Crippen molar-refractivity contribution in [2.75, 3.05) is 19.7 Å². The first-order valence-electron chi connectivity index (χ1n) is 7.01. The molecule has 2 unspecified atom stereocenters. The van der Waals surface area contributed by atoms with Gasteiger partial charge in [0, 0.05) is 12.5 Å². The van der Waals surface area contributed by atoms with Crippen LogP contribution in [-0.4, -0.2) is 35.6 Å². The molecule has 2 atom stereocenters. The van der Waals surface area contributed by atoms with Gasteiger partial charge in [-0.2, -0.15) is 0 Å². The van der Waals surface area contributed by atoms with E-state index in [-0.39, 0.29) is 0 Å². The van der Waals surface area contributed by atoms with E-state index < -0.39 is 0 Å². The average Bonchev–Trinajstić information content (AvgIpc) is 2.87. The Morgan fingerprint density at radius 1 is 1.37 bits per heavy atom. The van der Waals surface area contributed by atoms with Crippen molar-refractivity contribution in [1.29, 1.82) is 0 Å². The first kappa shape index (κ1) is 12.9. The summed E-state index contributed by atoms with van der Waals surface area (Å²) < 4.78 is 5.72. The van der Waals surface area contributed by atoms with Crippen LogP contribution in [0, 0.1) is 0 Å². The molecular weight excluding hydrogens is 256 g/mol. The Labute approximate surface area is 119 Å². The molecule has 2 aliphatic rings. The number of likely N-dealkylation sites (tertiary alicyclic amines) is 1. The molecule has 1 aromatic carbocycles. The molecule has 4 heteroatoms. The standard InChI is InChI=1S/C15H20N2OS/c16-15(19)13-5-3-8-17(13)10-11-7-9-18-14-6-2-1-4-12(11)14/h1-2,4,6,11,13H,3,5,7-10H2,(H2,16,19). The number of para-hydroxylation sites is 1. The summed E-state index contributed by atoms with van der Waals surface area (Å²) in [7, 11) is 0. The largest absolute Gasteiger partial charge is 0.493 e. The lowest BCUT2D eigenvalue weighted by atomic mass is 9.92. The van der Waals surface area contributed by atoms with Crippen molar-refractivity contribution < 1.29 is 4.74 Å². The Bertz CT molecular complexity index is 477. The van der Waals surface area contributed by atoms with Gasteiger partial charge in [-0.05, 0) is 37.4 Å². The van der Waals surface area contributed by atoms with Gasteiger partial charge in [0.15, 0.2) is 0 Å². The molecular formula is C15H20N2OS. The number of thiocarbonyl (C=S) groups is 1. The van der Waals surface area contributed by atoms with Gasteiger partial charge in [-0.3, -0.25) is 4.90 Å². The second kappa shape index (κ2) is 5.47. The Morgan fingerprint density at radius 3 is 3.05 bits per heavy atom. The minimum absolute atomic E-state index is 0.296. The summed E-state index contributed by atoms with van der Waals surface area (Å²) in [6.45, 7) is 2.97. The van der Waals surface area contributed by atoms with Crippen molar-refractivity contribution in [3.63, 3.8) is 0 Å². The molecule has 0 saturated carbocycles. The van der Waals surface area contributed by atoms with E-state index in [0.29, 0.717) is 16.9 Å². The summed E-state index contributed by atoms with van der Waals surface area (Å²) in [6, 6.07) is 8.68. The fraction of sp³-hybridized carbons (Fsp3) is 0.533. The number of hydrogen-bond donors (Lipinski definition) is 1. The number of hydrogen-bond acceptors (Lipinski definition) is 3. The summed E-state index contributed by atoms with van der Waals surface area (Å²) in [6.07, 6.45) is 3.39. The normalized spacial score (nSPS) is 26.7. The number of fused-ring (bicyclic) bond motifs is 1. The predicted octanol–water partition coefficient (Wildman–Crippen LogP) is 2.30. The number of nitrogens with zero attached hydrogens (tertiary/aromatic N) is 1. The van der Waals surface area contributed by atoms with E-state index in [1.54, 1.807) is 0 Å². The van der Waals surface area contributed by atoms with Crippen molar-refractivity contribution in [3.8, 4) is 5.75 Å². The molecule has 1 aromatic rings. The highest BCUT2D eigenvalue weighted by Gasteiger charge is 2.30. The van der Waals surface area contributed by atoms with Gasteiger partial charge in [-0.25, -0.2) is 0 Å². The van der Waals surface area contributed by atoms with Gasteiger partial charge in [-0.15, -0.1) is 0 Å². The molecule has 0 radical (unpaired) electrons. The zero-order valence-corrected chi connectivity index (χ0v) is 11.9. The third-order valence-corrected chi connectivity index (χ3v) is 4.50. The van der Waals surface area contributed by atoms with Crippen molar-refractivity contribution in [2.24, 2.45) is 5.73 Å². The molecule has 2 heterocycles. The zero-order valence-electron chi connectivity index (χ0n) is 11.0. The fourth-order valence-corrected chi connectivity index (χ4v) is 3.52. The van der Waals surface area contributed by atoms with Crippen LogP contribution in [0.1, 0.15) is 30.7 Å². The van der Waals surface area contributed by atoms with Gasteiger partial charge >= 0.3 is 0 Å². The van der Waals surface area contributed by atoms with E-state index in [2.05, 4.69) is 23.1 Å². The van der Waals surface area contributed by atoms with E-state index >= 15 is 0 Å². The molecule has 2 N–H and O–H groups in total. The second-order valence-corrected chi connectivity index (χ2v) is 5.90. The monoisotopic (exact) mass is 276 g/mol. The van der Waals surface area contributed by atoms with Crippen molar-refractivity contribution in [2.45, 2.75) is 31.2 Å². The SMILES string of the molecule is NC(=S)C1CCCN1CC1CCOc2ccccc21. The van der Waals surface area contributed by atoms with Gasteiger partial charge in [0.2, 0.25) is 0 Å². The van der Waals surface area contributed by atoms with E-state index in [9.17, 15) is 0 Å². The van der Waals surface area contributed by atoms with Gasteiger partial charge in [0.25, 0.3) is 0 Å². The van der Waals surface area contributed by atoms with Gasteiger partial charge < -0.3 is 10.5 Å². The number of nitrogens with two attached hydrogens (primary N) is 1. The van der Waals surface area contributed by atoms with E-state index in [1.165, 1.54) is 12.0 Å². The number of rotatable bonds is 3. The van der Waals surface area contributed by atoms with Crippen LogP contribution in [0.25, 0.3) is 0 Å². The quantitative estimate of drug-likeness (QED) is 0.860. The molecule has 19 heavy (non-hydrogen) atoms. The lowest BCUT2D eigenvalue weighted by Crippen LogP contribution is -2.41. The third kappa shape index (κ3) is 2.60. The van der Waals surface area contributed by atoms with Gasteiger partial charge in [0.1, 0.15) is 5.75 Å². The molecule has 0 aliphatic carbocycles. The summed E-state index contributed by atoms with van der Waals surface area (Å²) in [4.78, 5) is 3.10. The smallest absolute Gasteiger partial charge is 0.122 e. The predicted molar refractivity (Wildman–Crippen MR) is 80.7 cm³/mol. The highest BCUT2D eigenvalue weighted by Crippen LogP contribution is 2.35. The topological polar surface area (TPSA) is 38.5 Å². The lowest BCUT2D eigenvalue weighted by Gasteiger charge is -2.32. The molecule has 2 aliphatic heterocycles. The summed E-state index contributed by atoms with van der Waals surface area (Å²) in [5.74, 6) is 1.59. The maximum absolute atomic E-state index is 5.85. The highest BCUT2D eigenvalue weighted by molar-refractivity contribution is 7.80. The van der Waals surface area contributed by atoms with E-state index in [4.69, 9.17) is 22.7 Å². The molecule has 1 fully saturated rings. The molecule has 0 aromatic heterocycles. The minimum atomic E-state index is 0.296. The Morgan fingerprint density at radius 2 is 2.21 bits per heavy atom. The van der Waals surface area contributed by atoms with Crippen molar-refractivity contribution in [1.82, 2.24) is 4.90 Å². The van der Waals surface area contributed by atoms with Crippen molar-refractivity contribution in [3.05, 3.63) is 29.8 Å². The summed E-state index contributed by atoms with van der Waals surface area (Å²) in [5, 5.41) is 0. The van der Waals surface area contributed by atoms with E-state index in [0.717, 1.165) is 38.3 Å². The molecule has 1 saturated heterocycles. The van der Waals surface area contributed by atoms with Crippen LogP contribution in [0.5, 0.6) is 5.75 Å². The van der Waals surface area contributed by atoms with Crippen LogP contribution in [0.3, 0.4) is 0 Å². The molecule has 3 nitrogen and oxygen atoms in total. The first-order valence-corrected chi connectivity index (χ1v) is 7.41. The average molecular weight is 276 g/mol. The zero-order chi connectivity index (χ0) is 13.2. The third-order valence-electron chi connectivity index (χ3n) is 4.23. The molecule has 0 spiro atoms. The summed E-state index contributed by atoms with van der Waals surface area (Å²) >= 11 is 5.19. The second-order valence-electron chi connectivity index (χ2n) is 5.43. The molecule has 3 rings (SSSR count). The molecule has 0 amide bonds. The van der Waals surface area contributed by atoms with Crippen LogP contribution in [0.15, 0.2) is 24.3 Å². The Kier molecular flexibility index (Phi) is 3.71. The van der Waals surface area contributed by atoms with Crippen LogP contribution in [0.4, 0.5) is 0 Å². The lowest BCUT2D eigenvalue weighted by molar-refractivity contribution is 0.221. The van der Waals surface area contributed by atoms with Crippen LogP contribution in [-0.2, 0) is 0 Å². The van der Waals surface area contributed by atoms with Crippen LogP contribution in [0.2, 0.25) is 0 Å². The van der Waals surface area contributed by atoms with Gasteiger partial charge in [0.05, 0.1) is 17.6 Å². The number of benzene rings is 1. The van der Waals surface area contributed by atoms with Crippen LogP contribution < -0.4 is 10.5 Å². The maximum atomic E-state index is 5.85. The van der Waals surface area contributed by atoms with Gasteiger partial charge in [-0.1, -0.05) is 30.4 Å². The van der Waals surface area contributed by atoms with E-state index in [1.807, 2.05) is 6.07 Å². The molecule has 102 valence electrons. The molecule has 0 bridgehead atoms. The Balaban J connectivity index is 1.76. The number of ether oxygens (including phenoxy) is 1. The minimum Gasteiger partial charge on any atom is -0.493 e. The first-order chi connectivity index (χ1) is 9.25. The summed E-state index contributed by atoms with van der Waals surface area (Å²) in [5.41, 5.74) is 7.19. The Hall–Kier alpha value is -1.13. The van der Waals surface area contributed by atoms with Crippen molar-refractivity contribution >= 4 is 17.2 Å². The fourth-order valence-electron chi connectivity index (χ4n) is 3.26. The maximum Gasteiger partial charge on any atom is 0.122 e. The van der Waals surface area contributed by atoms with Crippen LogP contribution >= 0.6 is 12.2 Å². The highest BCUT2D eigenvalue weighted by atomic mass is 32.1.